The summed E-state index contributed by atoms with van der Waals surface area (Å²) in [7, 11) is 2.04. The molecule has 0 fully saturated rings. The van der Waals surface area contributed by atoms with Crippen LogP contribution in [0.15, 0.2) is 12.2 Å². The maximum absolute atomic E-state index is 3.33. The summed E-state index contributed by atoms with van der Waals surface area (Å²) >= 11 is 0. The van der Waals surface area contributed by atoms with Crippen molar-refractivity contribution in [2.24, 2.45) is 0 Å². The zero-order valence-corrected chi connectivity index (χ0v) is 6.28. The van der Waals surface area contributed by atoms with E-state index in [9.17, 15) is 0 Å². The van der Waals surface area contributed by atoms with Crippen molar-refractivity contribution in [3.63, 3.8) is 0 Å². The van der Waals surface area contributed by atoms with Gasteiger partial charge >= 0.3 is 0 Å². The Morgan fingerprint density at radius 3 is 2.56 bits per heavy atom. The van der Waals surface area contributed by atoms with Crippen molar-refractivity contribution in [2.45, 2.75) is 31.7 Å². The predicted molar refractivity (Wildman–Crippen MR) is 40.5 cm³/mol. The first kappa shape index (κ1) is 6.81. The summed E-state index contributed by atoms with van der Waals surface area (Å²) < 4.78 is 0. The Kier molecular flexibility index (Phi) is 1.91. The van der Waals surface area contributed by atoms with E-state index in [0.717, 1.165) is 0 Å². The van der Waals surface area contributed by atoms with Crippen molar-refractivity contribution in [1.29, 1.82) is 0 Å². The van der Waals surface area contributed by atoms with Crippen molar-refractivity contribution in [1.82, 2.24) is 5.32 Å². The highest BCUT2D eigenvalue weighted by molar-refractivity contribution is 4.99. The van der Waals surface area contributed by atoms with E-state index in [2.05, 4.69) is 24.4 Å². The Labute approximate surface area is 57.1 Å². The van der Waals surface area contributed by atoms with E-state index in [4.69, 9.17) is 0 Å². The molecular formula is C8H15N. The van der Waals surface area contributed by atoms with E-state index in [1.54, 1.807) is 0 Å². The fraction of sp³-hybridized carbons (Fsp3) is 0.750. The molecule has 52 valence electrons. The molecule has 1 aliphatic rings. The van der Waals surface area contributed by atoms with E-state index in [-0.39, 0.29) is 0 Å². The average molecular weight is 125 g/mol. The molecule has 1 N–H and O–H groups in total. The molecule has 0 aromatic heterocycles. The molecule has 1 aliphatic carbocycles. The highest BCUT2D eigenvalue weighted by Crippen LogP contribution is 2.21. The lowest BCUT2D eigenvalue weighted by Crippen LogP contribution is -2.39. The maximum Gasteiger partial charge on any atom is 0.0187 e. The summed E-state index contributed by atoms with van der Waals surface area (Å²) in [6, 6.07) is 0. The molecule has 0 spiro atoms. The zero-order chi connectivity index (χ0) is 6.74. The molecule has 0 aliphatic heterocycles. The molecule has 1 atom stereocenters. The van der Waals surface area contributed by atoms with E-state index in [1.807, 2.05) is 7.05 Å². The van der Waals surface area contributed by atoms with Crippen LogP contribution in [0.1, 0.15) is 26.2 Å². The van der Waals surface area contributed by atoms with Crippen LogP contribution < -0.4 is 5.32 Å². The fourth-order valence-corrected chi connectivity index (χ4v) is 1.19. The molecule has 0 radical (unpaired) electrons. The van der Waals surface area contributed by atoms with Gasteiger partial charge in [0, 0.05) is 5.54 Å². The van der Waals surface area contributed by atoms with Gasteiger partial charge in [-0.2, -0.15) is 0 Å². The SMILES string of the molecule is CNC1(C)CC=CCC1. The van der Waals surface area contributed by atoms with E-state index >= 15 is 0 Å². The van der Waals surface area contributed by atoms with Crippen LogP contribution in [0.2, 0.25) is 0 Å². The minimum Gasteiger partial charge on any atom is -0.314 e. The first-order valence-corrected chi connectivity index (χ1v) is 3.61. The Bertz CT molecular complexity index is 118. The number of rotatable bonds is 1. The monoisotopic (exact) mass is 125 g/mol. The normalized spacial score (nSPS) is 34.9. The minimum atomic E-state index is 0.384. The summed E-state index contributed by atoms with van der Waals surface area (Å²) in [6.07, 6.45) is 8.22. The quantitative estimate of drug-likeness (QED) is 0.526. The minimum absolute atomic E-state index is 0.384. The van der Waals surface area contributed by atoms with Crippen molar-refractivity contribution >= 4 is 0 Å². The molecule has 9 heavy (non-hydrogen) atoms. The van der Waals surface area contributed by atoms with Crippen LogP contribution in [-0.4, -0.2) is 12.6 Å². The van der Waals surface area contributed by atoms with Crippen molar-refractivity contribution in [2.75, 3.05) is 7.05 Å². The molecule has 1 rings (SSSR count). The number of hydrogen-bond donors (Lipinski definition) is 1. The predicted octanol–water partition coefficient (Wildman–Crippen LogP) is 1.70. The second-order valence-corrected chi connectivity index (χ2v) is 3.02. The summed E-state index contributed by atoms with van der Waals surface area (Å²) in [4.78, 5) is 0. The third-order valence-electron chi connectivity index (χ3n) is 2.20. The Morgan fingerprint density at radius 2 is 2.22 bits per heavy atom. The van der Waals surface area contributed by atoms with Gasteiger partial charge in [-0.3, -0.25) is 0 Å². The number of nitrogens with one attached hydrogen (secondary N) is 1. The standard InChI is InChI=1S/C8H15N/c1-8(9-2)6-4-3-5-7-8/h3-4,9H,5-7H2,1-2H3. The van der Waals surface area contributed by atoms with Crippen LogP contribution in [-0.2, 0) is 0 Å². The van der Waals surface area contributed by atoms with Gasteiger partial charge in [0.25, 0.3) is 0 Å². The van der Waals surface area contributed by atoms with Crippen LogP contribution in [0, 0.1) is 0 Å². The van der Waals surface area contributed by atoms with E-state index < -0.39 is 0 Å². The lowest BCUT2D eigenvalue weighted by atomic mass is 9.88. The number of hydrogen-bond acceptors (Lipinski definition) is 1. The molecule has 1 heteroatoms. The fourth-order valence-electron chi connectivity index (χ4n) is 1.19. The Morgan fingerprint density at radius 1 is 1.44 bits per heavy atom. The van der Waals surface area contributed by atoms with Crippen LogP contribution in [0.4, 0.5) is 0 Å². The van der Waals surface area contributed by atoms with Crippen LogP contribution in [0.25, 0.3) is 0 Å². The summed E-state index contributed by atoms with van der Waals surface area (Å²) in [5, 5.41) is 3.33. The molecule has 1 unspecified atom stereocenters. The van der Waals surface area contributed by atoms with Gasteiger partial charge in [-0.1, -0.05) is 12.2 Å². The molecule has 0 aromatic carbocycles. The van der Waals surface area contributed by atoms with Gasteiger partial charge in [0.1, 0.15) is 0 Å². The van der Waals surface area contributed by atoms with Crippen LogP contribution >= 0.6 is 0 Å². The van der Waals surface area contributed by atoms with Crippen LogP contribution in [0.3, 0.4) is 0 Å². The van der Waals surface area contributed by atoms with E-state index in [0.29, 0.717) is 5.54 Å². The lowest BCUT2D eigenvalue weighted by molar-refractivity contribution is 0.352. The van der Waals surface area contributed by atoms with Gasteiger partial charge in [0.05, 0.1) is 0 Å². The lowest BCUT2D eigenvalue weighted by Gasteiger charge is -2.29. The molecule has 0 bridgehead atoms. The maximum atomic E-state index is 3.33. The molecule has 0 aromatic rings. The highest BCUT2D eigenvalue weighted by atomic mass is 14.9. The molecule has 0 amide bonds. The Balaban J connectivity index is 2.50. The third kappa shape index (κ3) is 1.55. The average Bonchev–Trinajstić information content (AvgIpc) is 1.90. The summed E-state index contributed by atoms with van der Waals surface area (Å²) in [5.74, 6) is 0. The molecule has 0 heterocycles. The van der Waals surface area contributed by atoms with Crippen molar-refractivity contribution < 1.29 is 0 Å². The highest BCUT2D eigenvalue weighted by Gasteiger charge is 2.20. The van der Waals surface area contributed by atoms with Crippen LogP contribution in [0.5, 0.6) is 0 Å². The topological polar surface area (TPSA) is 12.0 Å². The largest absolute Gasteiger partial charge is 0.314 e. The van der Waals surface area contributed by atoms with Gasteiger partial charge in [0.2, 0.25) is 0 Å². The second kappa shape index (κ2) is 2.53. The molecule has 0 saturated carbocycles. The Hall–Kier alpha value is -0.300. The van der Waals surface area contributed by atoms with Gasteiger partial charge < -0.3 is 5.32 Å². The zero-order valence-electron chi connectivity index (χ0n) is 6.28. The van der Waals surface area contributed by atoms with Crippen molar-refractivity contribution in [3.05, 3.63) is 12.2 Å². The van der Waals surface area contributed by atoms with Gasteiger partial charge in [-0.25, -0.2) is 0 Å². The molecule has 0 saturated heterocycles. The number of allylic oxidation sites excluding steroid dienone is 1. The second-order valence-electron chi connectivity index (χ2n) is 3.02. The van der Waals surface area contributed by atoms with Gasteiger partial charge in [-0.05, 0) is 33.2 Å². The van der Waals surface area contributed by atoms with Gasteiger partial charge in [-0.15, -0.1) is 0 Å². The first-order chi connectivity index (χ1) is 4.27. The smallest absolute Gasteiger partial charge is 0.0187 e. The van der Waals surface area contributed by atoms with Gasteiger partial charge in [0.15, 0.2) is 0 Å². The third-order valence-corrected chi connectivity index (χ3v) is 2.20. The molecular weight excluding hydrogens is 110 g/mol. The van der Waals surface area contributed by atoms with E-state index in [1.165, 1.54) is 19.3 Å². The first-order valence-electron chi connectivity index (χ1n) is 3.61. The van der Waals surface area contributed by atoms with Crippen molar-refractivity contribution in [3.8, 4) is 0 Å². The summed E-state index contributed by atoms with van der Waals surface area (Å²) in [6.45, 7) is 2.27. The summed E-state index contributed by atoms with van der Waals surface area (Å²) in [5.41, 5.74) is 0.384. The molecule has 1 nitrogen and oxygen atoms in total.